The number of rotatable bonds is 10. The molecule has 0 radical (unpaired) electrons. The van der Waals surface area contributed by atoms with Gasteiger partial charge in [-0.2, -0.15) is 5.10 Å². The largest absolute Gasteiger partial charge is 0.493 e. The van der Waals surface area contributed by atoms with Crippen molar-refractivity contribution in [2.75, 3.05) is 13.7 Å². The molecule has 0 unspecified atom stereocenters. The van der Waals surface area contributed by atoms with Crippen LogP contribution in [0.4, 0.5) is 0 Å². The fourth-order valence-electron chi connectivity index (χ4n) is 4.08. The lowest BCUT2D eigenvalue weighted by molar-refractivity contribution is -0.121. The molecule has 0 saturated carbocycles. The molecule has 34 heavy (non-hydrogen) atoms. The molecule has 1 amide bonds. The van der Waals surface area contributed by atoms with E-state index in [9.17, 15) is 4.79 Å². The molecule has 0 aliphatic heterocycles. The third kappa shape index (κ3) is 5.06. The molecule has 4 aromatic rings. The highest BCUT2D eigenvalue weighted by molar-refractivity contribution is 5.87. The summed E-state index contributed by atoms with van der Waals surface area (Å²) in [5.74, 6) is 2.22. The first-order chi connectivity index (χ1) is 16.5. The molecule has 3 heterocycles. The molecule has 0 aliphatic carbocycles. The average Bonchev–Trinajstić information content (AvgIpc) is 3.47. The maximum atomic E-state index is 12.5. The fraction of sp³-hybridized carbons (Fsp3) is 0.346. The van der Waals surface area contributed by atoms with E-state index in [-0.39, 0.29) is 5.91 Å². The highest BCUT2D eigenvalue weighted by atomic mass is 16.5. The van der Waals surface area contributed by atoms with Crippen molar-refractivity contribution in [1.82, 2.24) is 24.6 Å². The van der Waals surface area contributed by atoms with Crippen molar-refractivity contribution in [3.05, 3.63) is 65.6 Å². The van der Waals surface area contributed by atoms with Gasteiger partial charge in [0.1, 0.15) is 0 Å². The van der Waals surface area contributed by atoms with Crippen molar-refractivity contribution in [2.45, 2.75) is 46.7 Å². The van der Waals surface area contributed by atoms with Crippen LogP contribution < -0.4 is 14.8 Å². The van der Waals surface area contributed by atoms with E-state index in [4.69, 9.17) is 19.6 Å². The van der Waals surface area contributed by atoms with Crippen LogP contribution in [0, 0.1) is 13.8 Å². The van der Waals surface area contributed by atoms with E-state index in [0.29, 0.717) is 44.0 Å². The van der Waals surface area contributed by atoms with Crippen LogP contribution in [0.1, 0.15) is 36.6 Å². The number of benzene rings is 1. The van der Waals surface area contributed by atoms with Crippen molar-refractivity contribution in [2.24, 2.45) is 0 Å². The number of aromatic nitrogens is 4. The molecule has 178 valence electrons. The van der Waals surface area contributed by atoms with E-state index >= 15 is 0 Å². The van der Waals surface area contributed by atoms with E-state index in [2.05, 4.69) is 18.3 Å². The summed E-state index contributed by atoms with van der Waals surface area (Å²) in [6.45, 7) is 7.61. The van der Waals surface area contributed by atoms with Gasteiger partial charge in [-0.05, 0) is 68.7 Å². The Morgan fingerprint density at radius 1 is 1.12 bits per heavy atom. The van der Waals surface area contributed by atoms with Gasteiger partial charge in [0.05, 0.1) is 19.1 Å². The Bertz CT molecular complexity index is 1280. The second-order valence-corrected chi connectivity index (χ2v) is 8.21. The zero-order valence-electron chi connectivity index (χ0n) is 20.2. The Labute approximate surface area is 199 Å². The number of pyridine rings is 1. The summed E-state index contributed by atoms with van der Waals surface area (Å²) in [7, 11) is 1.61. The van der Waals surface area contributed by atoms with Crippen LogP contribution in [0.3, 0.4) is 0 Å². The van der Waals surface area contributed by atoms with Crippen molar-refractivity contribution >= 4 is 16.9 Å². The normalized spacial score (nSPS) is 11.1. The molecule has 0 aliphatic rings. The third-order valence-corrected chi connectivity index (χ3v) is 5.65. The van der Waals surface area contributed by atoms with Crippen LogP contribution in [-0.2, 0) is 17.9 Å². The zero-order chi connectivity index (χ0) is 24.1. The van der Waals surface area contributed by atoms with Crippen molar-refractivity contribution in [3.63, 3.8) is 0 Å². The molecule has 1 aromatic carbocycles. The van der Waals surface area contributed by atoms with Gasteiger partial charge in [-0.25, -0.2) is 9.67 Å². The quantitative estimate of drug-likeness (QED) is 0.380. The average molecular weight is 462 g/mol. The standard InChI is InChI=1S/C26H31N5O3/c1-5-34-21-11-10-20(16-22(21)33-4)17-27-23(32)9-8-14-31-25-24(18(2)15-19(3)28-25)26(29-31)30-12-6-7-13-30/h6-7,10-13,15-16H,5,8-9,14,17H2,1-4H3,(H,27,32). The lowest BCUT2D eigenvalue weighted by Gasteiger charge is -2.11. The number of ether oxygens (including phenoxy) is 2. The van der Waals surface area contributed by atoms with E-state index in [1.54, 1.807) is 7.11 Å². The fourth-order valence-corrected chi connectivity index (χ4v) is 4.08. The van der Waals surface area contributed by atoms with E-state index in [0.717, 1.165) is 33.7 Å². The van der Waals surface area contributed by atoms with Crippen LogP contribution in [0.25, 0.3) is 16.9 Å². The van der Waals surface area contributed by atoms with Gasteiger partial charge < -0.3 is 19.4 Å². The smallest absolute Gasteiger partial charge is 0.220 e. The number of carbonyl (C=O) groups is 1. The zero-order valence-corrected chi connectivity index (χ0v) is 20.2. The van der Waals surface area contributed by atoms with Gasteiger partial charge in [0.2, 0.25) is 5.91 Å². The van der Waals surface area contributed by atoms with Gasteiger partial charge in [0, 0.05) is 37.6 Å². The van der Waals surface area contributed by atoms with Gasteiger partial charge in [-0.1, -0.05) is 6.07 Å². The summed E-state index contributed by atoms with van der Waals surface area (Å²) in [4.78, 5) is 17.2. The van der Waals surface area contributed by atoms with Gasteiger partial charge in [-0.15, -0.1) is 0 Å². The Balaban J connectivity index is 1.39. The van der Waals surface area contributed by atoms with Crippen molar-refractivity contribution in [3.8, 4) is 17.3 Å². The van der Waals surface area contributed by atoms with Gasteiger partial charge >= 0.3 is 0 Å². The van der Waals surface area contributed by atoms with Crippen LogP contribution in [0.2, 0.25) is 0 Å². The van der Waals surface area contributed by atoms with Gasteiger partial charge in [0.15, 0.2) is 23.0 Å². The van der Waals surface area contributed by atoms with E-state index in [1.165, 1.54) is 0 Å². The minimum atomic E-state index is -0.00438. The molecular formula is C26H31N5O3. The number of nitrogens with one attached hydrogen (secondary N) is 1. The van der Waals surface area contributed by atoms with E-state index < -0.39 is 0 Å². The minimum absolute atomic E-state index is 0.00438. The monoisotopic (exact) mass is 461 g/mol. The molecule has 0 atom stereocenters. The summed E-state index contributed by atoms with van der Waals surface area (Å²) >= 11 is 0. The lowest BCUT2D eigenvalue weighted by atomic mass is 10.1. The molecule has 0 bridgehead atoms. The Morgan fingerprint density at radius 3 is 2.65 bits per heavy atom. The number of nitrogens with zero attached hydrogens (tertiary/aromatic N) is 4. The second-order valence-electron chi connectivity index (χ2n) is 8.21. The predicted molar refractivity (Wildman–Crippen MR) is 132 cm³/mol. The molecule has 3 aromatic heterocycles. The van der Waals surface area contributed by atoms with Gasteiger partial charge in [0.25, 0.3) is 0 Å². The molecule has 0 spiro atoms. The number of methoxy groups -OCH3 is 1. The number of fused-ring (bicyclic) bond motifs is 1. The second kappa shape index (κ2) is 10.4. The van der Waals surface area contributed by atoms with Crippen molar-refractivity contribution in [1.29, 1.82) is 0 Å². The molecule has 8 nitrogen and oxygen atoms in total. The summed E-state index contributed by atoms with van der Waals surface area (Å²) < 4.78 is 14.8. The number of hydrogen-bond donors (Lipinski definition) is 1. The maximum absolute atomic E-state index is 12.5. The first-order valence-electron chi connectivity index (χ1n) is 11.5. The number of carbonyl (C=O) groups excluding carboxylic acids is 1. The van der Waals surface area contributed by atoms with Crippen LogP contribution in [0.15, 0.2) is 48.8 Å². The number of amides is 1. The Morgan fingerprint density at radius 2 is 1.91 bits per heavy atom. The molecule has 8 heteroatoms. The van der Waals surface area contributed by atoms with Crippen molar-refractivity contribution < 1.29 is 14.3 Å². The highest BCUT2D eigenvalue weighted by Gasteiger charge is 2.16. The Kier molecular flexibility index (Phi) is 7.15. The summed E-state index contributed by atoms with van der Waals surface area (Å²) in [5.41, 5.74) is 3.90. The lowest BCUT2D eigenvalue weighted by Crippen LogP contribution is -2.23. The SMILES string of the molecule is CCOc1ccc(CNC(=O)CCCn2nc(-n3cccc3)c3c(C)cc(C)nc32)cc1OC. The van der Waals surface area contributed by atoms with Gasteiger partial charge in [-0.3, -0.25) is 4.79 Å². The molecular weight excluding hydrogens is 430 g/mol. The molecule has 0 fully saturated rings. The molecule has 1 N–H and O–H groups in total. The first-order valence-corrected chi connectivity index (χ1v) is 11.5. The number of hydrogen-bond acceptors (Lipinski definition) is 5. The van der Waals surface area contributed by atoms with E-state index in [1.807, 2.05) is 65.8 Å². The molecule has 0 saturated heterocycles. The van der Waals surface area contributed by atoms with Crippen LogP contribution >= 0.6 is 0 Å². The third-order valence-electron chi connectivity index (χ3n) is 5.65. The topological polar surface area (TPSA) is 83.2 Å². The predicted octanol–water partition coefficient (Wildman–Crippen LogP) is 4.34. The number of aryl methyl sites for hydroxylation is 3. The van der Waals surface area contributed by atoms with Crippen LogP contribution in [0.5, 0.6) is 11.5 Å². The summed E-state index contributed by atoms with van der Waals surface area (Å²) in [6.07, 6.45) is 5.03. The summed E-state index contributed by atoms with van der Waals surface area (Å²) in [5, 5.41) is 8.85. The maximum Gasteiger partial charge on any atom is 0.220 e. The minimum Gasteiger partial charge on any atom is -0.493 e. The Hall–Kier alpha value is -3.81. The molecule has 4 rings (SSSR count). The highest BCUT2D eigenvalue weighted by Crippen LogP contribution is 2.28. The van der Waals surface area contributed by atoms with Crippen LogP contribution in [-0.4, -0.2) is 39.0 Å². The first kappa shape index (κ1) is 23.4. The summed E-state index contributed by atoms with van der Waals surface area (Å²) in [6, 6.07) is 11.7.